The molecule has 1 unspecified atom stereocenters. The number of thiazole rings is 1. The molecule has 1 aromatic heterocycles. The number of nitrogens with one attached hydrogen (secondary N) is 1. The van der Waals surface area contributed by atoms with Crippen molar-refractivity contribution in [2.45, 2.75) is 39.7 Å². The Bertz CT molecular complexity index is 1440. The van der Waals surface area contributed by atoms with Crippen molar-refractivity contribution >= 4 is 23.3 Å². The summed E-state index contributed by atoms with van der Waals surface area (Å²) in [6.45, 7) is 7.56. The van der Waals surface area contributed by atoms with Crippen LogP contribution >= 0.6 is 11.3 Å². The number of aromatic nitrogens is 1. The first-order valence-electron chi connectivity index (χ1n) is 13.0. The molecule has 4 rings (SSSR count). The number of dihydropyridines is 1. The second-order valence-corrected chi connectivity index (χ2v) is 10.4. The molecule has 0 amide bonds. The lowest BCUT2D eigenvalue weighted by atomic mass is 9.78. The Hall–Kier alpha value is -3.95. The number of carbonyl (C=O) groups is 2. The van der Waals surface area contributed by atoms with Gasteiger partial charge in [-0.1, -0.05) is 24.3 Å². The second-order valence-electron chi connectivity index (χ2n) is 9.57. The molecule has 0 saturated heterocycles. The third kappa shape index (κ3) is 6.26. The Labute approximate surface area is 238 Å². The van der Waals surface area contributed by atoms with Crippen LogP contribution in [-0.2, 0) is 23.8 Å². The number of allylic oxidation sites excluding steroid dienone is 2. The van der Waals surface area contributed by atoms with Crippen molar-refractivity contribution in [3.05, 3.63) is 82.0 Å². The summed E-state index contributed by atoms with van der Waals surface area (Å²) in [5.74, 6) is -0.979. The largest absolute Gasteiger partial charge is 0.497 e. The highest BCUT2D eigenvalue weighted by Crippen LogP contribution is 2.44. The van der Waals surface area contributed by atoms with Gasteiger partial charge < -0.3 is 24.3 Å². The molecule has 0 spiro atoms. The normalized spacial score (nSPS) is 15.2. The maximum Gasteiger partial charge on any atom is 0.337 e. The van der Waals surface area contributed by atoms with Crippen LogP contribution in [0.2, 0.25) is 0 Å². The van der Waals surface area contributed by atoms with Gasteiger partial charge in [0, 0.05) is 35.0 Å². The minimum Gasteiger partial charge on any atom is -0.497 e. The predicted octanol–water partition coefficient (Wildman–Crippen LogP) is 5.86. The van der Waals surface area contributed by atoms with Crippen LogP contribution in [0.15, 0.2) is 76.5 Å². The number of hydrogen-bond donors (Lipinski definition) is 1. The van der Waals surface area contributed by atoms with Crippen molar-refractivity contribution in [2.24, 2.45) is 0 Å². The van der Waals surface area contributed by atoms with Crippen LogP contribution in [0.1, 0.15) is 39.2 Å². The highest BCUT2D eigenvalue weighted by atomic mass is 32.1. The highest BCUT2D eigenvalue weighted by molar-refractivity contribution is 7.13. The quantitative estimate of drug-likeness (QED) is 0.242. The van der Waals surface area contributed by atoms with Gasteiger partial charge in [-0.15, -0.1) is 11.3 Å². The van der Waals surface area contributed by atoms with Crippen LogP contribution in [0.25, 0.3) is 21.8 Å². The second kappa shape index (κ2) is 12.9. The van der Waals surface area contributed by atoms with Crippen molar-refractivity contribution in [2.75, 3.05) is 27.4 Å². The number of ether oxygens (including phenoxy) is 4. The maximum absolute atomic E-state index is 13.5. The van der Waals surface area contributed by atoms with E-state index in [1.54, 1.807) is 28.1 Å². The fourth-order valence-corrected chi connectivity index (χ4v) is 5.53. The van der Waals surface area contributed by atoms with Crippen molar-refractivity contribution in [3.8, 4) is 27.6 Å². The number of carbonyl (C=O) groups excluding carboxylic acids is 2. The van der Waals surface area contributed by atoms with Crippen molar-refractivity contribution in [1.29, 1.82) is 0 Å². The highest BCUT2D eigenvalue weighted by Gasteiger charge is 2.39. The predicted molar refractivity (Wildman–Crippen MR) is 155 cm³/mol. The zero-order chi connectivity index (χ0) is 28.8. The zero-order valence-electron chi connectivity index (χ0n) is 23.6. The molecule has 9 heteroatoms. The van der Waals surface area contributed by atoms with E-state index in [1.807, 2.05) is 67.8 Å². The summed E-state index contributed by atoms with van der Waals surface area (Å²) in [4.78, 5) is 31.9. The number of hydrogen-bond acceptors (Lipinski definition) is 9. The van der Waals surface area contributed by atoms with E-state index >= 15 is 0 Å². The van der Waals surface area contributed by atoms with Crippen molar-refractivity contribution in [3.63, 3.8) is 0 Å². The summed E-state index contributed by atoms with van der Waals surface area (Å²) in [6.07, 6.45) is -0.334. The van der Waals surface area contributed by atoms with Gasteiger partial charge in [-0.3, -0.25) is 0 Å². The third-order valence-corrected chi connectivity index (χ3v) is 7.33. The van der Waals surface area contributed by atoms with Gasteiger partial charge in [0.25, 0.3) is 0 Å². The van der Waals surface area contributed by atoms with Gasteiger partial charge >= 0.3 is 11.9 Å². The van der Waals surface area contributed by atoms with E-state index in [2.05, 4.69) is 5.32 Å². The van der Waals surface area contributed by atoms with Gasteiger partial charge in [0.15, 0.2) is 0 Å². The van der Waals surface area contributed by atoms with Crippen LogP contribution < -0.4 is 10.1 Å². The Morgan fingerprint density at radius 2 is 1.62 bits per heavy atom. The molecule has 0 bridgehead atoms. The van der Waals surface area contributed by atoms with Crippen molar-refractivity contribution < 1.29 is 28.5 Å². The molecule has 2 aromatic carbocycles. The number of methoxy groups -OCH3 is 2. The van der Waals surface area contributed by atoms with E-state index < -0.39 is 17.9 Å². The molecule has 0 fully saturated rings. The summed E-state index contributed by atoms with van der Waals surface area (Å²) >= 11 is 1.49. The van der Waals surface area contributed by atoms with Crippen LogP contribution in [0, 0.1) is 0 Å². The lowest BCUT2D eigenvalue weighted by molar-refractivity contribution is -0.143. The van der Waals surface area contributed by atoms with E-state index in [0.29, 0.717) is 22.5 Å². The van der Waals surface area contributed by atoms with Gasteiger partial charge in [-0.25, -0.2) is 14.6 Å². The van der Waals surface area contributed by atoms with E-state index in [-0.39, 0.29) is 19.3 Å². The molecular formula is C31H34N2O6S. The standard InChI is InChI=1S/C31H34N2O6S/c1-18(2)39-31(35)27-20(4)32-19(3)26(30(34)38-16-15-36-5)28(27)23-9-7-8-10-24(23)29-33-25(17-40-29)21-11-13-22(37-6)14-12-21/h7-14,17-18,28,32H,15-16H2,1-6H3. The molecular weight excluding hydrogens is 528 g/mol. The number of rotatable bonds is 10. The number of benzene rings is 2. The first-order valence-corrected chi connectivity index (χ1v) is 13.9. The van der Waals surface area contributed by atoms with E-state index in [4.69, 9.17) is 23.9 Å². The average Bonchev–Trinajstić information content (AvgIpc) is 3.42. The van der Waals surface area contributed by atoms with Crippen molar-refractivity contribution in [1.82, 2.24) is 10.3 Å². The third-order valence-electron chi connectivity index (χ3n) is 6.46. The molecule has 0 aliphatic carbocycles. The molecule has 1 N–H and O–H groups in total. The van der Waals surface area contributed by atoms with Crippen LogP contribution in [0.5, 0.6) is 5.75 Å². The fraction of sp³-hybridized carbons (Fsp3) is 0.323. The Morgan fingerprint density at radius 1 is 0.950 bits per heavy atom. The summed E-state index contributed by atoms with van der Waals surface area (Å²) < 4.78 is 21.5. The molecule has 1 aliphatic heterocycles. The van der Waals surface area contributed by atoms with Gasteiger partial charge in [0.1, 0.15) is 17.4 Å². The lowest BCUT2D eigenvalue weighted by Crippen LogP contribution is -2.33. The van der Waals surface area contributed by atoms with Crippen LogP contribution in [0.4, 0.5) is 0 Å². The Kier molecular flexibility index (Phi) is 9.39. The van der Waals surface area contributed by atoms with Crippen LogP contribution in [-0.4, -0.2) is 50.5 Å². The van der Waals surface area contributed by atoms with Gasteiger partial charge in [0.05, 0.1) is 42.6 Å². The molecule has 2 heterocycles. The summed E-state index contributed by atoms with van der Waals surface area (Å²) in [5.41, 5.74) is 5.28. The first kappa shape index (κ1) is 29.0. The van der Waals surface area contributed by atoms with E-state index in [1.165, 1.54) is 11.3 Å². The monoisotopic (exact) mass is 562 g/mol. The average molecular weight is 563 g/mol. The van der Waals surface area contributed by atoms with Crippen LogP contribution in [0.3, 0.4) is 0 Å². The number of nitrogens with zero attached hydrogens (tertiary/aromatic N) is 1. The lowest BCUT2D eigenvalue weighted by Gasteiger charge is -2.31. The summed E-state index contributed by atoms with van der Waals surface area (Å²) in [6, 6.07) is 15.4. The molecule has 0 saturated carbocycles. The minimum atomic E-state index is -0.730. The topological polar surface area (TPSA) is 96.0 Å². The minimum absolute atomic E-state index is 0.0899. The molecule has 0 radical (unpaired) electrons. The van der Waals surface area contributed by atoms with E-state index in [9.17, 15) is 9.59 Å². The molecule has 40 heavy (non-hydrogen) atoms. The Balaban J connectivity index is 1.83. The SMILES string of the molecule is COCCOC(=O)C1=C(C)NC(C)=C(C(=O)OC(C)C)C1c1ccccc1-c1nc(-c2ccc(OC)cc2)cs1. The van der Waals surface area contributed by atoms with Gasteiger partial charge in [0.2, 0.25) is 0 Å². The van der Waals surface area contributed by atoms with Gasteiger partial charge in [-0.2, -0.15) is 0 Å². The molecule has 210 valence electrons. The maximum atomic E-state index is 13.5. The fourth-order valence-electron chi connectivity index (χ4n) is 4.65. The molecule has 8 nitrogen and oxygen atoms in total. The first-order chi connectivity index (χ1) is 19.2. The summed E-state index contributed by atoms with van der Waals surface area (Å²) in [5, 5.41) is 5.96. The summed E-state index contributed by atoms with van der Waals surface area (Å²) in [7, 11) is 3.17. The molecule has 1 atom stereocenters. The smallest absolute Gasteiger partial charge is 0.337 e. The number of esters is 2. The zero-order valence-corrected chi connectivity index (χ0v) is 24.4. The molecule has 1 aliphatic rings. The van der Waals surface area contributed by atoms with Gasteiger partial charge in [-0.05, 0) is 57.5 Å². The van der Waals surface area contributed by atoms with E-state index in [0.717, 1.165) is 33.1 Å². The Morgan fingerprint density at radius 3 is 2.27 bits per heavy atom. The molecule has 3 aromatic rings.